The van der Waals surface area contributed by atoms with Crippen LogP contribution in [0.1, 0.15) is 0 Å². The molecule has 3 heteroatoms. The predicted molar refractivity (Wildman–Crippen MR) is 36.4 cm³/mol. The molecule has 0 aromatic rings. The summed E-state index contributed by atoms with van der Waals surface area (Å²) < 4.78 is 21.0. The van der Waals surface area contributed by atoms with Crippen LogP contribution in [0.5, 0.6) is 0 Å². The van der Waals surface area contributed by atoms with Crippen LogP contribution in [0.25, 0.3) is 0 Å². The van der Waals surface area contributed by atoms with E-state index in [4.69, 9.17) is 15.9 Å². The zero-order valence-corrected chi connectivity index (χ0v) is 5.81. The zero-order valence-electron chi connectivity index (χ0n) is 5.81. The van der Waals surface area contributed by atoms with Crippen LogP contribution in [-0.2, 0) is 9.47 Å². The SMILES string of the molecule is C#CCOCCOCCF. The molecule has 10 heavy (non-hydrogen) atoms. The number of hydrogen-bond donors (Lipinski definition) is 0. The highest BCUT2D eigenvalue weighted by molar-refractivity contribution is 4.82. The van der Waals surface area contributed by atoms with Crippen molar-refractivity contribution in [2.45, 2.75) is 0 Å². The van der Waals surface area contributed by atoms with Crippen LogP contribution in [0.15, 0.2) is 0 Å². The number of alkyl halides is 1. The first-order valence-electron chi connectivity index (χ1n) is 3.06. The Hall–Kier alpha value is -0.590. The summed E-state index contributed by atoms with van der Waals surface area (Å²) in [4.78, 5) is 0. The summed E-state index contributed by atoms with van der Waals surface area (Å²) >= 11 is 0. The second-order valence-electron chi connectivity index (χ2n) is 1.56. The largest absolute Gasteiger partial charge is 0.376 e. The molecule has 2 nitrogen and oxygen atoms in total. The highest BCUT2D eigenvalue weighted by Crippen LogP contribution is 1.77. The molecule has 0 aromatic heterocycles. The Morgan fingerprint density at radius 3 is 2.50 bits per heavy atom. The maximum atomic E-state index is 11.4. The minimum Gasteiger partial charge on any atom is -0.376 e. The van der Waals surface area contributed by atoms with Gasteiger partial charge in [-0.25, -0.2) is 4.39 Å². The monoisotopic (exact) mass is 146 g/mol. The first-order chi connectivity index (χ1) is 4.91. The third-order valence-corrected chi connectivity index (χ3v) is 0.779. The Balaban J connectivity index is 2.72. The molecule has 0 spiro atoms. The third kappa shape index (κ3) is 7.41. The van der Waals surface area contributed by atoms with E-state index in [9.17, 15) is 4.39 Å². The first kappa shape index (κ1) is 9.41. The van der Waals surface area contributed by atoms with Gasteiger partial charge < -0.3 is 9.47 Å². The molecule has 0 unspecified atom stereocenters. The lowest BCUT2D eigenvalue weighted by molar-refractivity contribution is 0.0541. The third-order valence-electron chi connectivity index (χ3n) is 0.779. The summed E-state index contributed by atoms with van der Waals surface area (Å²) in [6.07, 6.45) is 4.89. The normalized spacial score (nSPS) is 9.20. The van der Waals surface area contributed by atoms with Gasteiger partial charge in [-0.3, -0.25) is 0 Å². The van der Waals surface area contributed by atoms with E-state index < -0.39 is 6.67 Å². The Labute approximate surface area is 60.3 Å². The van der Waals surface area contributed by atoms with Crippen molar-refractivity contribution in [1.29, 1.82) is 0 Å². The van der Waals surface area contributed by atoms with E-state index in [0.29, 0.717) is 19.8 Å². The number of rotatable bonds is 6. The van der Waals surface area contributed by atoms with Crippen LogP contribution >= 0.6 is 0 Å². The van der Waals surface area contributed by atoms with Gasteiger partial charge in [0.15, 0.2) is 0 Å². The Morgan fingerprint density at radius 2 is 1.90 bits per heavy atom. The van der Waals surface area contributed by atoms with Crippen molar-refractivity contribution in [2.24, 2.45) is 0 Å². The molecule has 0 aliphatic carbocycles. The van der Waals surface area contributed by atoms with Gasteiger partial charge in [-0.1, -0.05) is 5.92 Å². The summed E-state index contributed by atoms with van der Waals surface area (Å²) in [5.74, 6) is 2.31. The molecule has 0 saturated carbocycles. The molecule has 0 fully saturated rings. The van der Waals surface area contributed by atoms with Crippen LogP contribution in [0.2, 0.25) is 0 Å². The molecule has 0 bridgehead atoms. The zero-order chi connectivity index (χ0) is 7.66. The van der Waals surface area contributed by atoms with Gasteiger partial charge in [0, 0.05) is 0 Å². The Morgan fingerprint density at radius 1 is 1.20 bits per heavy atom. The van der Waals surface area contributed by atoms with Crippen molar-refractivity contribution in [3.8, 4) is 12.3 Å². The standard InChI is InChI=1S/C7H11FO2/c1-2-4-9-6-7-10-5-3-8/h1H,3-7H2. The van der Waals surface area contributed by atoms with Gasteiger partial charge >= 0.3 is 0 Å². The molecule has 58 valence electrons. The van der Waals surface area contributed by atoms with E-state index in [1.54, 1.807) is 0 Å². The van der Waals surface area contributed by atoms with E-state index in [1.165, 1.54) is 0 Å². The van der Waals surface area contributed by atoms with Gasteiger partial charge in [0.25, 0.3) is 0 Å². The van der Waals surface area contributed by atoms with E-state index in [1.807, 2.05) is 0 Å². The molecule has 0 heterocycles. The van der Waals surface area contributed by atoms with Gasteiger partial charge in [-0.05, 0) is 0 Å². The quantitative estimate of drug-likeness (QED) is 0.404. The molecule has 0 aliphatic rings. The first-order valence-corrected chi connectivity index (χ1v) is 3.06. The molecular weight excluding hydrogens is 135 g/mol. The lowest BCUT2D eigenvalue weighted by Gasteiger charge is -1.99. The smallest absolute Gasteiger partial charge is 0.113 e. The molecular formula is C7H11FO2. The maximum absolute atomic E-state index is 11.4. The van der Waals surface area contributed by atoms with Crippen LogP contribution in [-0.4, -0.2) is 33.1 Å². The van der Waals surface area contributed by atoms with Crippen molar-refractivity contribution in [3.05, 3.63) is 0 Å². The molecule has 0 radical (unpaired) electrons. The summed E-state index contributed by atoms with van der Waals surface area (Å²) in [6.45, 7) is 0.823. The second-order valence-corrected chi connectivity index (χ2v) is 1.56. The molecule has 0 saturated heterocycles. The number of terminal acetylenes is 1. The summed E-state index contributed by atoms with van der Waals surface area (Å²) in [7, 11) is 0. The van der Waals surface area contributed by atoms with Crippen molar-refractivity contribution in [2.75, 3.05) is 33.1 Å². The van der Waals surface area contributed by atoms with Crippen LogP contribution in [0, 0.1) is 12.3 Å². The Kier molecular flexibility index (Phi) is 7.91. The lowest BCUT2D eigenvalue weighted by atomic mass is 10.7. The topological polar surface area (TPSA) is 18.5 Å². The van der Waals surface area contributed by atoms with Crippen molar-refractivity contribution in [1.82, 2.24) is 0 Å². The number of halogens is 1. The van der Waals surface area contributed by atoms with E-state index >= 15 is 0 Å². The molecule has 0 amide bonds. The van der Waals surface area contributed by atoms with E-state index in [0.717, 1.165) is 0 Å². The summed E-state index contributed by atoms with van der Waals surface area (Å²) in [5.41, 5.74) is 0. The van der Waals surface area contributed by atoms with Crippen molar-refractivity contribution < 1.29 is 13.9 Å². The average molecular weight is 146 g/mol. The van der Waals surface area contributed by atoms with Gasteiger partial charge in [0.2, 0.25) is 0 Å². The molecule has 0 atom stereocenters. The number of hydrogen-bond acceptors (Lipinski definition) is 2. The number of ether oxygens (including phenoxy) is 2. The van der Waals surface area contributed by atoms with Gasteiger partial charge in [0.05, 0.1) is 19.8 Å². The van der Waals surface area contributed by atoms with Gasteiger partial charge in [-0.2, -0.15) is 0 Å². The lowest BCUT2D eigenvalue weighted by Crippen LogP contribution is -2.05. The fraction of sp³-hybridized carbons (Fsp3) is 0.714. The fourth-order valence-electron chi connectivity index (χ4n) is 0.406. The average Bonchev–Trinajstić information content (AvgIpc) is 1.97. The highest BCUT2D eigenvalue weighted by atomic mass is 19.1. The highest BCUT2D eigenvalue weighted by Gasteiger charge is 1.86. The molecule has 0 rings (SSSR count). The fourth-order valence-corrected chi connectivity index (χ4v) is 0.406. The van der Waals surface area contributed by atoms with Crippen molar-refractivity contribution in [3.63, 3.8) is 0 Å². The molecule has 0 aliphatic heterocycles. The van der Waals surface area contributed by atoms with E-state index in [2.05, 4.69) is 5.92 Å². The predicted octanol–water partition coefficient (Wildman–Crippen LogP) is 0.622. The maximum Gasteiger partial charge on any atom is 0.113 e. The minimum atomic E-state index is -0.449. The molecule has 0 N–H and O–H groups in total. The minimum absolute atomic E-state index is 0.138. The van der Waals surface area contributed by atoms with Crippen LogP contribution in [0.3, 0.4) is 0 Å². The van der Waals surface area contributed by atoms with Crippen LogP contribution in [0.4, 0.5) is 4.39 Å². The van der Waals surface area contributed by atoms with Gasteiger partial charge in [0.1, 0.15) is 13.3 Å². The van der Waals surface area contributed by atoms with E-state index in [-0.39, 0.29) is 6.61 Å². The Bertz CT molecular complexity index is 98.3. The summed E-state index contributed by atoms with van der Waals surface area (Å²) in [6, 6.07) is 0. The van der Waals surface area contributed by atoms with Crippen molar-refractivity contribution >= 4 is 0 Å². The van der Waals surface area contributed by atoms with Crippen LogP contribution < -0.4 is 0 Å². The summed E-state index contributed by atoms with van der Waals surface area (Å²) in [5, 5.41) is 0. The second kappa shape index (κ2) is 8.41. The molecule has 0 aromatic carbocycles. The van der Waals surface area contributed by atoms with Gasteiger partial charge in [-0.15, -0.1) is 6.42 Å².